The molecule has 212 valence electrons. The molecule has 0 aromatic heterocycles. The van der Waals surface area contributed by atoms with E-state index in [1.807, 2.05) is 30.3 Å². The molecular weight excluding hydrogens is 524 g/mol. The highest BCUT2D eigenvalue weighted by Crippen LogP contribution is 2.36. The first-order chi connectivity index (χ1) is 18.4. The number of rotatable bonds is 6. The highest BCUT2D eigenvalue weighted by molar-refractivity contribution is 5.83. The van der Waals surface area contributed by atoms with Crippen molar-refractivity contribution in [3.8, 4) is 0 Å². The molecule has 0 spiro atoms. The van der Waals surface area contributed by atoms with Crippen LogP contribution >= 0.6 is 0 Å². The van der Waals surface area contributed by atoms with Gasteiger partial charge in [-0.25, -0.2) is 0 Å². The summed E-state index contributed by atoms with van der Waals surface area (Å²) in [5, 5.41) is 3.31. The number of carbonyl (C=O) groups is 1. The smallest absolute Gasteiger partial charge is 0.356 e. The standard InChI is InChI=1S/C27H31F6N5O/c1-36(11-8-19-16-21(26(28,29)30)18-22(17-19)27(31,32)33)24(39)23(20-6-3-2-4-7-20)37-12-14-38(15-13-37)25-34-9-5-10-35-25/h2-4,6-7,16-18,23H,5,8-15H2,1H3,(H,34,35). The molecule has 1 amide bonds. The van der Waals surface area contributed by atoms with Gasteiger partial charge in [0.25, 0.3) is 0 Å². The Kier molecular flexibility index (Phi) is 8.73. The summed E-state index contributed by atoms with van der Waals surface area (Å²) in [6.07, 6.45) is -9.01. The second-order valence-electron chi connectivity index (χ2n) is 9.75. The Hall–Kier alpha value is -3.28. The van der Waals surface area contributed by atoms with Crippen LogP contribution in [0, 0.1) is 0 Å². The molecule has 2 aliphatic rings. The molecule has 2 aliphatic heterocycles. The summed E-state index contributed by atoms with van der Waals surface area (Å²) in [4.78, 5) is 23.8. The van der Waals surface area contributed by atoms with Crippen LogP contribution in [0.25, 0.3) is 0 Å². The van der Waals surface area contributed by atoms with Crippen molar-refractivity contribution < 1.29 is 31.1 Å². The van der Waals surface area contributed by atoms with Gasteiger partial charge in [0.2, 0.25) is 5.91 Å². The first-order valence-electron chi connectivity index (χ1n) is 12.8. The second-order valence-corrected chi connectivity index (χ2v) is 9.75. The molecule has 0 radical (unpaired) electrons. The lowest BCUT2D eigenvalue weighted by atomic mass is 10.0. The number of hydrogen-bond acceptors (Lipinski definition) is 5. The van der Waals surface area contributed by atoms with Gasteiger partial charge in [0.1, 0.15) is 6.04 Å². The lowest BCUT2D eigenvalue weighted by Gasteiger charge is -2.41. The van der Waals surface area contributed by atoms with Crippen LogP contribution in [0.1, 0.15) is 34.7 Å². The zero-order chi connectivity index (χ0) is 28.2. The maximum absolute atomic E-state index is 13.7. The highest BCUT2D eigenvalue weighted by Gasteiger charge is 2.37. The number of hydrogen-bond donors (Lipinski definition) is 1. The predicted molar refractivity (Wildman–Crippen MR) is 135 cm³/mol. The largest absolute Gasteiger partial charge is 0.416 e. The fourth-order valence-corrected chi connectivity index (χ4v) is 4.85. The van der Waals surface area contributed by atoms with Crippen molar-refractivity contribution in [2.24, 2.45) is 4.99 Å². The van der Waals surface area contributed by atoms with Crippen LogP contribution in [0.4, 0.5) is 26.3 Å². The number of alkyl halides is 6. The van der Waals surface area contributed by atoms with Gasteiger partial charge in [-0.15, -0.1) is 0 Å². The van der Waals surface area contributed by atoms with Crippen molar-refractivity contribution in [1.82, 2.24) is 20.0 Å². The van der Waals surface area contributed by atoms with Gasteiger partial charge in [0.15, 0.2) is 5.96 Å². The maximum Gasteiger partial charge on any atom is 0.416 e. The van der Waals surface area contributed by atoms with Gasteiger partial charge >= 0.3 is 12.4 Å². The lowest BCUT2D eigenvalue weighted by Crippen LogP contribution is -2.55. The van der Waals surface area contributed by atoms with Crippen molar-refractivity contribution in [1.29, 1.82) is 0 Å². The Labute approximate surface area is 223 Å². The monoisotopic (exact) mass is 555 g/mol. The molecular formula is C27H31F6N5O. The minimum absolute atomic E-state index is 0.0402. The summed E-state index contributed by atoms with van der Waals surface area (Å²) >= 11 is 0. The van der Waals surface area contributed by atoms with Crippen LogP contribution < -0.4 is 5.32 Å². The van der Waals surface area contributed by atoms with E-state index in [1.165, 1.54) is 11.9 Å². The van der Waals surface area contributed by atoms with Crippen LogP contribution in [0.15, 0.2) is 53.5 Å². The van der Waals surface area contributed by atoms with E-state index >= 15 is 0 Å². The van der Waals surface area contributed by atoms with Crippen molar-refractivity contribution in [2.75, 3.05) is 52.9 Å². The van der Waals surface area contributed by atoms with Crippen molar-refractivity contribution >= 4 is 11.9 Å². The van der Waals surface area contributed by atoms with E-state index in [4.69, 9.17) is 0 Å². The number of likely N-dealkylation sites (N-methyl/N-ethyl adjacent to an activating group) is 1. The van der Waals surface area contributed by atoms with Gasteiger partial charge in [-0.05, 0) is 42.2 Å². The van der Waals surface area contributed by atoms with E-state index in [0.717, 1.165) is 31.0 Å². The van der Waals surface area contributed by atoms with E-state index in [2.05, 4.69) is 20.1 Å². The Morgan fingerprint density at radius 3 is 2.13 bits per heavy atom. The van der Waals surface area contributed by atoms with Crippen molar-refractivity contribution in [3.63, 3.8) is 0 Å². The van der Waals surface area contributed by atoms with Crippen LogP contribution in [-0.4, -0.2) is 79.4 Å². The molecule has 1 atom stereocenters. The topological polar surface area (TPSA) is 51.2 Å². The Bertz CT molecular complexity index is 1130. The highest BCUT2D eigenvalue weighted by atomic mass is 19.4. The number of aliphatic imine (C=N–C) groups is 1. The molecule has 39 heavy (non-hydrogen) atoms. The SMILES string of the molecule is CN(CCc1cc(C(F)(F)F)cc(C(F)(F)F)c1)C(=O)C(c1ccccc1)N1CCN(C2=NCCCN2)CC1. The minimum atomic E-state index is -4.92. The molecule has 0 aliphatic carbocycles. The average molecular weight is 556 g/mol. The first kappa shape index (κ1) is 28.7. The van der Waals surface area contributed by atoms with Crippen LogP contribution in [0.5, 0.6) is 0 Å². The quantitative estimate of drug-likeness (QED) is 0.536. The Morgan fingerprint density at radius 2 is 1.59 bits per heavy atom. The van der Waals surface area contributed by atoms with Crippen LogP contribution in [0.2, 0.25) is 0 Å². The first-order valence-corrected chi connectivity index (χ1v) is 12.8. The summed E-state index contributed by atoms with van der Waals surface area (Å²) in [6.45, 7) is 4.10. The van der Waals surface area contributed by atoms with Crippen LogP contribution in [-0.2, 0) is 23.6 Å². The van der Waals surface area contributed by atoms with Gasteiger partial charge < -0.3 is 15.1 Å². The fourth-order valence-electron chi connectivity index (χ4n) is 4.85. The third-order valence-electron chi connectivity index (χ3n) is 6.97. The summed E-state index contributed by atoms with van der Waals surface area (Å²) in [7, 11) is 1.52. The van der Waals surface area contributed by atoms with E-state index < -0.39 is 29.5 Å². The van der Waals surface area contributed by atoms with Gasteiger partial charge in [0.05, 0.1) is 11.1 Å². The summed E-state index contributed by atoms with van der Waals surface area (Å²) in [5.41, 5.74) is -2.09. The fraction of sp³-hybridized carbons (Fsp3) is 0.481. The van der Waals surface area contributed by atoms with E-state index in [0.29, 0.717) is 38.3 Å². The maximum atomic E-state index is 13.7. The second kappa shape index (κ2) is 11.8. The molecule has 1 fully saturated rings. The van der Waals surface area contributed by atoms with Gasteiger partial charge in [-0.3, -0.25) is 14.7 Å². The van der Waals surface area contributed by atoms with Crippen LogP contribution in [0.3, 0.4) is 0 Å². The molecule has 0 saturated carbocycles. The third-order valence-corrected chi connectivity index (χ3v) is 6.97. The van der Waals surface area contributed by atoms with Gasteiger partial charge in [-0.1, -0.05) is 30.3 Å². The number of carbonyl (C=O) groups excluding carboxylic acids is 1. The average Bonchev–Trinajstić information content (AvgIpc) is 2.92. The predicted octanol–water partition coefficient (Wildman–Crippen LogP) is 4.43. The molecule has 2 heterocycles. The third kappa shape index (κ3) is 7.23. The molecule has 2 aromatic rings. The number of guanidine groups is 1. The molecule has 1 N–H and O–H groups in total. The number of piperazine rings is 1. The molecule has 12 heteroatoms. The Balaban J connectivity index is 1.48. The van der Waals surface area contributed by atoms with Crippen molar-refractivity contribution in [3.05, 3.63) is 70.8 Å². The lowest BCUT2D eigenvalue weighted by molar-refractivity contribution is -0.143. The minimum Gasteiger partial charge on any atom is -0.356 e. The molecule has 1 unspecified atom stereocenters. The summed E-state index contributed by atoms with van der Waals surface area (Å²) in [6, 6.07) is 10.1. The zero-order valence-corrected chi connectivity index (χ0v) is 21.5. The summed E-state index contributed by atoms with van der Waals surface area (Å²) in [5.74, 6) is 0.589. The summed E-state index contributed by atoms with van der Waals surface area (Å²) < 4.78 is 79.5. The Morgan fingerprint density at radius 1 is 0.974 bits per heavy atom. The number of halogens is 6. The van der Waals surface area contributed by atoms with Gasteiger partial charge in [-0.2, -0.15) is 26.3 Å². The molecule has 0 bridgehead atoms. The number of benzene rings is 2. The molecule has 2 aromatic carbocycles. The van der Waals surface area contributed by atoms with E-state index in [1.54, 1.807) is 0 Å². The van der Waals surface area contributed by atoms with E-state index in [9.17, 15) is 31.1 Å². The van der Waals surface area contributed by atoms with Gasteiger partial charge in [0, 0.05) is 52.9 Å². The normalized spacial score (nSPS) is 17.8. The molecule has 1 saturated heterocycles. The zero-order valence-electron chi connectivity index (χ0n) is 21.5. The number of nitrogens with one attached hydrogen (secondary N) is 1. The van der Waals surface area contributed by atoms with Crippen molar-refractivity contribution in [2.45, 2.75) is 31.2 Å². The molecule has 6 nitrogen and oxygen atoms in total. The number of nitrogens with zero attached hydrogens (tertiary/aromatic N) is 4. The number of amides is 1. The van der Waals surface area contributed by atoms with E-state index in [-0.39, 0.29) is 30.5 Å². The molecule has 4 rings (SSSR count).